The highest BCUT2D eigenvalue weighted by atomic mass is 16.2. The number of rotatable bonds is 19. The lowest BCUT2D eigenvalue weighted by Crippen LogP contribution is -2.56. The monoisotopic (exact) mass is 595 g/mol. The molecule has 2 rings (SSSR count). The van der Waals surface area contributed by atoms with Gasteiger partial charge in [-0.15, -0.1) is 0 Å². The van der Waals surface area contributed by atoms with Crippen molar-refractivity contribution < 1.29 is 19.2 Å². The average molecular weight is 596 g/mol. The van der Waals surface area contributed by atoms with E-state index in [4.69, 9.17) is 28.7 Å². The zero-order valence-electron chi connectivity index (χ0n) is 24.5. The standard InChI is InChI=1S/C30H45N9O4/c31-15-5-4-9-24(28(42)38-23(27(33)41)10-6-16-36-30(34)35)39-29(43)25(17-21-11-13-22(19-32)14-12-21)37-26(40)18-20-7-2-1-3-8-20/h1-3,7-8,11-14,23-25H,4-6,9-10,15-19,31-32H2,(H2,33,41)(H,37,40)(H,38,42)(H,39,43)(H4,34,35,36)/t23-,24-,25-/m0/s1. The molecule has 234 valence electrons. The van der Waals surface area contributed by atoms with E-state index < -0.39 is 35.8 Å². The van der Waals surface area contributed by atoms with Gasteiger partial charge in [-0.1, -0.05) is 54.6 Å². The maximum atomic E-state index is 13.6. The Kier molecular flexibility index (Phi) is 15.2. The molecular weight excluding hydrogens is 550 g/mol. The lowest BCUT2D eigenvalue weighted by atomic mass is 10.0. The van der Waals surface area contributed by atoms with Crippen LogP contribution in [0.2, 0.25) is 0 Å². The molecule has 4 amide bonds. The molecule has 0 fully saturated rings. The quantitative estimate of drug-likeness (QED) is 0.0570. The largest absolute Gasteiger partial charge is 0.370 e. The fourth-order valence-corrected chi connectivity index (χ4v) is 4.38. The van der Waals surface area contributed by atoms with E-state index >= 15 is 0 Å². The Bertz CT molecular complexity index is 1200. The maximum Gasteiger partial charge on any atom is 0.243 e. The first kappa shape index (κ1) is 34.7. The molecule has 13 N–H and O–H groups in total. The highest BCUT2D eigenvalue weighted by Crippen LogP contribution is 2.10. The minimum atomic E-state index is -0.994. The van der Waals surface area contributed by atoms with Gasteiger partial charge in [0.2, 0.25) is 23.6 Å². The van der Waals surface area contributed by atoms with Gasteiger partial charge in [-0.05, 0) is 55.3 Å². The van der Waals surface area contributed by atoms with Crippen molar-refractivity contribution in [2.45, 2.75) is 69.6 Å². The van der Waals surface area contributed by atoms with Crippen LogP contribution >= 0.6 is 0 Å². The molecule has 0 spiro atoms. The third kappa shape index (κ3) is 13.4. The van der Waals surface area contributed by atoms with E-state index in [1.54, 1.807) is 0 Å². The van der Waals surface area contributed by atoms with Crippen LogP contribution in [0.25, 0.3) is 0 Å². The van der Waals surface area contributed by atoms with Crippen LogP contribution in [0, 0.1) is 0 Å². The smallest absolute Gasteiger partial charge is 0.243 e. The number of nitrogens with one attached hydrogen (secondary N) is 3. The van der Waals surface area contributed by atoms with E-state index in [9.17, 15) is 19.2 Å². The molecule has 0 unspecified atom stereocenters. The molecule has 0 heterocycles. The number of hydrogen-bond acceptors (Lipinski definition) is 7. The van der Waals surface area contributed by atoms with E-state index in [1.165, 1.54) is 0 Å². The summed E-state index contributed by atoms with van der Waals surface area (Å²) in [6.45, 7) is 1.04. The van der Waals surface area contributed by atoms with Gasteiger partial charge in [0, 0.05) is 19.5 Å². The number of hydrogen-bond donors (Lipinski definition) is 8. The van der Waals surface area contributed by atoms with Crippen LogP contribution in [-0.4, -0.2) is 60.8 Å². The van der Waals surface area contributed by atoms with Gasteiger partial charge in [0.05, 0.1) is 6.42 Å². The Morgan fingerprint density at radius 1 is 0.674 bits per heavy atom. The van der Waals surface area contributed by atoms with Crippen LogP contribution in [0.5, 0.6) is 0 Å². The molecule has 0 saturated heterocycles. The van der Waals surface area contributed by atoms with Crippen molar-refractivity contribution in [1.82, 2.24) is 16.0 Å². The molecule has 43 heavy (non-hydrogen) atoms. The molecule has 0 aliphatic rings. The predicted octanol–water partition coefficient (Wildman–Crippen LogP) is -0.947. The summed E-state index contributed by atoms with van der Waals surface area (Å²) in [5.41, 5.74) is 30.1. The summed E-state index contributed by atoms with van der Waals surface area (Å²) in [5.74, 6) is -2.26. The maximum absolute atomic E-state index is 13.6. The second-order valence-corrected chi connectivity index (χ2v) is 10.3. The van der Waals surface area contributed by atoms with Crippen LogP contribution in [0.1, 0.15) is 48.8 Å². The number of amides is 4. The first-order valence-electron chi connectivity index (χ1n) is 14.4. The summed E-state index contributed by atoms with van der Waals surface area (Å²) < 4.78 is 0. The van der Waals surface area contributed by atoms with Crippen molar-refractivity contribution in [3.05, 3.63) is 71.3 Å². The van der Waals surface area contributed by atoms with Crippen LogP contribution in [0.15, 0.2) is 59.6 Å². The lowest BCUT2D eigenvalue weighted by molar-refractivity contribution is -0.133. The summed E-state index contributed by atoms with van der Waals surface area (Å²) in [4.78, 5) is 55.8. The number of primary amides is 1. The summed E-state index contributed by atoms with van der Waals surface area (Å²) in [6, 6.07) is 13.6. The van der Waals surface area contributed by atoms with Gasteiger partial charge in [0.1, 0.15) is 18.1 Å². The van der Waals surface area contributed by atoms with E-state index in [-0.39, 0.29) is 44.1 Å². The summed E-state index contributed by atoms with van der Waals surface area (Å²) >= 11 is 0. The molecule has 3 atom stereocenters. The number of guanidine groups is 1. The Morgan fingerprint density at radius 3 is 1.88 bits per heavy atom. The fourth-order valence-electron chi connectivity index (χ4n) is 4.38. The number of nitrogens with zero attached hydrogens (tertiary/aromatic N) is 1. The summed E-state index contributed by atoms with van der Waals surface area (Å²) in [6.07, 6.45) is 2.31. The van der Waals surface area contributed by atoms with Crippen molar-refractivity contribution in [3.8, 4) is 0 Å². The predicted molar refractivity (Wildman–Crippen MR) is 166 cm³/mol. The summed E-state index contributed by atoms with van der Waals surface area (Å²) in [7, 11) is 0. The molecule has 0 aromatic heterocycles. The van der Waals surface area contributed by atoms with Gasteiger partial charge in [0.25, 0.3) is 0 Å². The normalized spacial score (nSPS) is 12.8. The average Bonchev–Trinajstić information content (AvgIpc) is 2.98. The number of aliphatic imine (C=N–C) groups is 1. The number of carbonyl (C=O) groups is 4. The van der Waals surface area contributed by atoms with E-state index in [2.05, 4.69) is 20.9 Å². The fraction of sp³-hybridized carbons (Fsp3) is 0.433. The second kappa shape index (κ2) is 18.8. The van der Waals surface area contributed by atoms with Crippen molar-refractivity contribution in [1.29, 1.82) is 0 Å². The Morgan fingerprint density at radius 2 is 1.28 bits per heavy atom. The highest BCUT2D eigenvalue weighted by molar-refractivity contribution is 5.94. The van der Waals surface area contributed by atoms with Crippen molar-refractivity contribution >= 4 is 29.6 Å². The van der Waals surface area contributed by atoms with Crippen LogP contribution in [0.4, 0.5) is 0 Å². The molecule has 0 aliphatic heterocycles. The SMILES string of the molecule is NCCCC[C@H](NC(=O)[C@H](Cc1ccc(CN)cc1)NC(=O)Cc1ccccc1)C(=O)N[C@@H](CCCN=C(N)N)C(N)=O. The third-order valence-corrected chi connectivity index (χ3v) is 6.74. The number of nitrogens with two attached hydrogens (primary N) is 5. The molecule has 0 aliphatic carbocycles. The second-order valence-electron chi connectivity index (χ2n) is 10.3. The number of unbranched alkanes of at least 4 members (excludes halogenated alkanes) is 1. The van der Waals surface area contributed by atoms with Crippen LogP contribution in [0.3, 0.4) is 0 Å². The Hall–Kier alpha value is -4.49. The van der Waals surface area contributed by atoms with Crippen molar-refractivity contribution in [2.24, 2.45) is 33.7 Å². The molecule has 0 radical (unpaired) electrons. The zero-order valence-corrected chi connectivity index (χ0v) is 24.5. The molecule has 2 aromatic carbocycles. The van der Waals surface area contributed by atoms with Crippen molar-refractivity contribution in [3.63, 3.8) is 0 Å². The summed E-state index contributed by atoms with van der Waals surface area (Å²) in [5, 5.41) is 8.24. The van der Waals surface area contributed by atoms with Gasteiger partial charge in [-0.3, -0.25) is 24.2 Å². The zero-order chi connectivity index (χ0) is 31.6. The van der Waals surface area contributed by atoms with Gasteiger partial charge < -0.3 is 44.6 Å². The number of carbonyl (C=O) groups excluding carboxylic acids is 4. The molecule has 13 nitrogen and oxygen atoms in total. The molecule has 2 aromatic rings. The molecular formula is C30H45N9O4. The first-order valence-corrected chi connectivity index (χ1v) is 14.4. The van der Waals surface area contributed by atoms with Crippen LogP contribution < -0.4 is 44.6 Å². The Labute approximate surface area is 252 Å². The van der Waals surface area contributed by atoms with Crippen molar-refractivity contribution in [2.75, 3.05) is 13.1 Å². The first-order chi connectivity index (χ1) is 20.6. The van der Waals surface area contributed by atoms with E-state index in [0.29, 0.717) is 32.4 Å². The molecule has 0 saturated carbocycles. The van der Waals surface area contributed by atoms with Crippen LogP contribution in [-0.2, 0) is 38.6 Å². The molecule has 13 heteroatoms. The van der Waals surface area contributed by atoms with Gasteiger partial charge >= 0.3 is 0 Å². The topological polar surface area (TPSA) is 247 Å². The van der Waals surface area contributed by atoms with Gasteiger partial charge in [-0.25, -0.2) is 0 Å². The number of benzene rings is 2. The molecule has 0 bridgehead atoms. The van der Waals surface area contributed by atoms with E-state index in [1.807, 2.05) is 54.6 Å². The third-order valence-electron chi connectivity index (χ3n) is 6.74. The van der Waals surface area contributed by atoms with E-state index in [0.717, 1.165) is 16.7 Å². The highest BCUT2D eigenvalue weighted by Gasteiger charge is 2.29. The minimum Gasteiger partial charge on any atom is -0.370 e. The van der Waals surface area contributed by atoms with Gasteiger partial charge in [-0.2, -0.15) is 0 Å². The lowest BCUT2D eigenvalue weighted by Gasteiger charge is -2.25. The Balaban J connectivity index is 2.20. The minimum absolute atomic E-state index is 0.0805. The van der Waals surface area contributed by atoms with Gasteiger partial charge in [0.15, 0.2) is 5.96 Å².